The fraction of sp³-hybridized carbons (Fsp3) is 0.462. The Labute approximate surface area is 112 Å². The van der Waals surface area contributed by atoms with Crippen molar-refractivity contribution in [1.82, 2.24) is 10.2 Å². The van der Waals surface area contributed by atoms with Crippen LogP contribution in [0.3, 0.4) is 0 Å². The number of nitrogens with zero attached hydrogens (tertiary/aromatic N) is 1. The lowest BCUT2D eigenvalue weighted by Gasteiger charge is -2.35. The molecule has 1 aromatic carbocycles. The van der Waals surface area contributed by atoms with E-state index in [0.717, 1.165) is 24.7 Å². The third kappa shape index (κ3) is 3.70. The molecule has 5 heteroatoms. The molecule has 1 atom stereocenters. The van der Waals surface area contributed by atoms with Crippen LogP contribution in [0.1, 0.15) is 12.5 Å². The third-order valence-corrected chi connectivity index (χ3v) is 3.15. The van der Waals surface area contributed by atoms with Gasteiger partial charge in [-0.3, -0.25) is 9.69 Å². The summed E-state index contributed by atoms with van der Waals surface area (Å²) in [6.45, 7) is 4.64. The minimum atomic E-state index is -0.246. The molecular weight excluding hydrogens is 252 g/mol. The van der Waals surface area contributed by atoms with Crippen LogP contribution >= 0.6 is 11.6 Å². The van der Waals surface area contributed by atoms with Crippen molar-refractivity contribution in [3.63, 3.8) is 0 Å². The van der Waals surface area contributed by atoms with Gasteiger partial charge >= 0.3 is 5.97 Å². The van der Waals surface area contributed by atoms with E-state index in [1.165, 1.54) is 12.5 Å². The van der Waals surface area contributed by atoms with Crippen molar-refractivity contribution in [1.29, 1.82) is 0 Å². The molecule has 0 amide bonds. The highest BCUT2D eigenvalue weighted by Crippen LogP contribution is 2.14. The van der Waals surface area contributed by atoms with Crippen LogP contribution in [0.5, 0.6) is 0 Å². The number of ether oxygens (including phenoxy) is 1. The smallest absolute Gasteiger partial charge is 0.304 e. The summed E-state index contributed by atoms with van der Waals surface area (Å²) in [6.07, 6.45) is -0.188. The van der Waals surface area contributed by atoms with Gasteiger partial charge in [0.15, 0.2) is 6.23 Å². The van der Waals surface area contributed by atoms with Crippen molar-refractivity contribution < 1.29 is 9.53 Å². The Morgan fingerprint density at radius 2 is 2.22 bits per heavy atom. The number of carbonyl (C=O) groups excluding carboxylic acids is 1. The summed E-state index contributed by atoms with van der Waals surface area (Å²) < 4.78 is 5.30. The van der Waals surface area contributed by atoms with Crippen LogP contribution in [-0.2, 0) is 16.1 Å². The Balaban J connectivity index is 2.00. The summed E-state index contributed by atoms with van der Waals surface area (Å²) >= 11 is 5.86. The molecule has 98 valence electrons. The average molecular weight is 269 g/mol. The molecule has 2 rings (SSSR count). The van der Waals surface area contributed by atoms with Gasteiger partial charge < -0.3 is 10.1 Å². The van der Waals surface area contributed by atoms with Gasteiger partial charge in [-0.05, 0) is 17.7 Å². The number of hydrogen-bond acceptors (Lipinski definition) is 4. The van der Waals surface area contributed by atoms with Gasteiger partial charge in [0.1, 0.15) is 0 Å². The minimum Gasteiger partial charge on any atom is -0.445 e. The summed E-state index contributed by atoms with van der Waals surface area (Å²) in [5.41, 5.74) is 1.17. The number of benzene rings is 1. The van der Waals surface area contributed by atoms with Gasteiger partial charge in [-0.1, -0.05) is 23.7 Å². The first-order chi connectivity index (χ1) is 8.65. The highest BCUT2D eigenvalue weighted by molar-refractivity contribution is 6.30. The summed E-state index contributed by atoms with van der Waals surface area (Å²) in [5, 5.41) is 3.96. The Morgan fingerprint density at radius 3 is 2.89 bits per heavy atom. The molecule has 1 saturated heterocycles. The molecule has 0 radical (unpaired) electrons. The molecule has 1 aromatic rings. The van der Waals surface area contributed by atoms with Crippen LogP contribution in [0.15, 0.2) is 24.3 Å². The molecule has 0 aliphatic carbocycles. The first-order valence-electron chi connectivity index (χ1n) is 6.01. The zero-order valence-corrected chi connectivity index (χ0v) is 11.1. The van der Waals surface area contributed by atoms with Crippen molar-refractivity contribution in [2.45, 2.75) is 19.7 Å². The Bertz CT molecular complexity index is 408. The molecule has 0 saturated carbocycles. The molecular formula is C13H17ClN2O2. The van der Waals surface area contributed by atoms with Gasteiger partial charge in [-0.2, -0.15) is 0 Å². The second-order valence-electron chi connectivity index (χ2n) is 4.37. The number of piperazine rings is 1. The maximum atomic E-state index is 11.1. The van der Waals surface area contributed by atoms with E-state index in [1.807, 2.05) is 24.3 Å². The molecule has 0 unspecified atom stereocenters. The number of nitrogens with one attached hydrogen (secondary N) is 1. The van der Waals surface area contributed by atoms with Crippen molar-refractivity contribution in [3.05, 3.63) is 34.9 Å². The molecule has 18 heavy (non-hydrogen) atoms. The van der Waals surface area contributed by atoms with Gasteiger partial charge in [-0.15, -0.1) is 0 Å². The van der Waals surface area contributed by atoms with Crippen LogP contribution in [0.25, 0.3) is 0 Å². The first-order valence-corrected chi connectivity index (χ1v) is 6.39. The van der Waals surface area contributed by atoms with E-state index in [-0.39, 0.29) is 12.2 Å². The molecule has 0 spiro atoms. The van der Waals surface area contributed by atoms with Gasteiger partial charge in [0, 0.05) is 38.1 Å². The summed E-state index contributed by atoms with van der Waals surface area (Å²) in [4.78, 5) is 13.2. The van der Waals surface area contributed by atoms with Crippen molar-refractivity contribution in [3.8, 4) is 0 Å². The van der Waals surface area contributed by atoms with E-state index in [4.69, 9.17) is 16.3 Å². The Morgan fingerprint density at radius 1 is 1.50 bits per heavy atom. The van der Waals surface area contributed by atoms with Crippen molar-refractivity contribution >= 4 is 17.6 Å². The zero-order valence-electron chi connectivity index (χ0n) is 10.4. The standard InChI is InChI=1S/C13H17ClN2O2/c1-10(17)18-13-8-15-6-7-16(13)9-11-2-4-12(14)5-3-11/h2-5,13,15H,6-9H2,1H3/t13-/m1/s1. The Hall–Kier alpha value is -1.10. The predicted octanol–water partition coefficient (Wildman–Crippen LogP) is 1.63. The molecule has 0 bridgehead atoms. The molecule has 1 N–H and O–H groups in total. The number of halogens is 1. The van der Waals surface area contributed by atoms with Gasteiger partial charge in [0.05, 0.1) is 0 Å². The largest absolute Gasteiger partial charge is 0.445 e. The number of hydrogen-bond donors (Lipinski definition) is 1. The Kier molecular flexibility index (Phi) is 4.58. The number of rotatable bonds is 3. The third-order valence-electron chi connectivity index (χ3n) is 2.90. The quantitative estimate of drug-likeness (QED) is 0.846. The lowest BCUT2D eigenvalue weighted by atomic mass is 10.2. The van der Waals surface area contributed by atoms with E-state index in [9.17, 15) is 4.79 Å². The molecule has 1 fully saturated rings. The molecule has 4 nitrogen and oxygen atoms in total. The highest BCUT2D eigenvalue weighted by Gasteiger charge is 2.24. The van der Waals surface area contributed by atoms with Crippen molar-refractivity contribution in [2.24, 2.45) is 0 Å². The minimum absolute atomic E-state index is 0.188. The average Bonchev–Trinajstić information content (AvgIpc) is 2.34. The van der Waals surface area contributed by atoms with Crippen LogP contribution in [-0.4, -0.2) is 36.7 Å². The fourth-order valence-corrected chi connectivity index (χ4v) is 2.16. The maximum Gasteiger partial charge on any atom is 0.304 e. The van der Waals surface area contributed by atoms with E-state index in [0.29, 0.717) is 6.54 Å². The SMILES string of the molecule is CC(=O)O[C@@H]1CNCCN1Cc1ccc(Cl)cc1. The maximum absolute atomic E-state index is 11.1. The monoisotopic (exact) mass is 268 g/mol. The lowest BCUT2D eigenvalue weighted by molar-refractivity contribution is -0.158. The van der Waals surface area contributed by atoms with Crippen molar-refractivity contribution in [2.75, 3.05) is 19.6 Å². The number of carbonyl (C=O) groups is 1. The van der Waals surface area contributed by atoms with Gasteiger partial charge in [0.2, 0.25) is 0 Å². The second-order valence-corrected chi connectivity index (χ2v) is 4.80. The molecule has 1 aliphatic rings. The van der Waals surface area contributed by atoms with E-state index in [1.54, 1.807) is 0 Å². The molecule has 1 aliphatic heterocycles. The van der Waals surface area contributed by atoms with Crippen LogP contribution in [0.4, 0.5) is 0 Å². The van der Waals surface area contributed by atoms with Gasteiger partial charge in [-0.25, -0.2) is 0 Å². The summed E-state index contributed by atoms with van der Waals surface area (Å²) in [7, 11) is 0. The fourth-order valence-electron chi connectivity index (χ4n) is 2.03. The molecule has 0 aromatic heterocycles. The lowest BCUT2D eigenvalue weighted by Crippen LogP contribution is -2.52. The number of esters is 1. The zero-order chi connectivity index (χ0) is 13.0. The van der Waals surface area contributed by atoms with Crippen LogP contribution < -0.4 is 5.32 Å². The van der Waals surface area contributed by atoms with E-state index >= 15 is 0 Å². The highest BCUT2D eigenvalue weighted by atomic mass is 35.5. The second kappa shape index (κ2) is 6.18. The summed E-state index contributed by atoms with van der Waals surface area (Å²) in [6, 6.07) is 7.74. The van der Waals surface area contributed by atoms with E-state index in [2.05, 4.69) is 10.2 Å². The van der Waals surface area contributed by atoms with Crippen LogP contribution in [0.2, 0.25) is 5.02 Å². The topological polar surface area (TPSA) is 41.6 Å². The first kappa shape index (κ1) is 13.3. The molecule has 1 heterocycles. The predicted molar refractivity (Wildman–Crippen MR) is 70.3 cm³/mol. The van der Waals surface area contributed by atoms with Gasteiger partial charge in [0.25, 0.3) is 0 Å². The van der Waals surface area contributed by atoms with E-state index < -0.39 is 0 Å². The normalized spacial score (nSPS) is 20.7. The summed E-state index contributed by atoms with van der Waals surface area (Å²) in [5.74, 6) is -0.246. The van der Waals surface area contributed by atoms with Crippen LogP contribution in [0, 0.1) is 0 Å².